The molecule has 3 rings (SSSR count). The van der Waals surface area contributed by atoms with E-state index >= 15 is 0 Å². The Morgan fingerprint density at radius 2 is 0.923 bits per heavy atom. The van der Waals surface area contributed by atoms with Gasteiger partial charge < -0.3 is 29.2 Å². The minimum Gasteiger partial charge on any atom is -0.390 e. The Morgan fingerprint density at radius 3 is 1.15 bits per heavy atom. The van der Waals surface area contributed by atoms with E-state index in [9.17, 15) is 10.2 Å². The van der Waals surface area contributed by atoms with E-state index in [4.69, 9.17) is 18.9 Å². The highest BCUT2D eigenvalue weighted by Gasteiger charge is 2.44. The van der Waals surface area contributed by atoms with E-state index in [0.717, 1.165) is 11.1 Å². The molecule has 0 aliphatic carbocycles. The maximum absolute atomic E-state index is 9.90. The molecule has 0 atom stereocenters. The smallest absolute Gasteiger partial charge is 0.218 e. The van der Waals surface area contributed by atoms with Crippen molar-refractivity contribution in [3.05, 3.63) is 35.4 Å². The Labute approximate surface area is 155 Å². The summed E-state index contributed by atoms with van der Waals surface area (Å²) in [5, 5.41) is 19.8. The third kappa shape index (κ3) is 3.67. The van der Waals surface area contributed by atoms with Gasteiger partial charge in [0.1, 0.15) is 13.2 Å². The number of aliphatic hydroxyl groups is 2. The number of hydrogen-bond donors (Lipinski definition) is 2. The van der Waals surface area contributed by atoms with Crippen molar-refractivity contribution in [2.24, 2.45) is 10.8 Å². The minimum absolute atomic E-state index is 0.0872. The maximum atomic E-state index is 9.90. The number of benzene rings is 1. The number of rotatable bonds is 4. The predicted molar refractivity (Wildman–Crippen MR) is 95.3 cm³/mol. The molecule has 2 aliphatic heterocycles. The number of ether oxygens (including phenoxy) is 4. The van der Waals surface area contributed by atoms with Gasteiger partial charge in [-0.3, -0.25) is 0 Å². The van der Waals surface area contributed by atoms with Crippen LogP contribution >= 0.6 is 0 Å². The van der Waals surface area contributed by atoms with Crippen LogP contribution in [0, 0.1) is 10.8 Å². The third-order valence-electron chi connectivity index (χ3n) is 4.97. The van der Waals surface area contributed by atoms with Crippen molar-refractivity contribution in [2.45, 2.75) is 39.3 Å². The molecule has 1 aromatic carbocycles. The molecule has 2 heterocycles. The minimum atomic E-state index is -1.16. The van der Waals surface area contributed by atoms with Gasteiger partial charge in [-0.15, -0.1) is 0 Å². The highest BCUT2D eigenvalue weighted by atomic mass is 16.7. The van der Waals surface area contributed by atoms with Crippen molar-refractivity contribution >= 4 is 0 Å². The lowest BCUT2D eigenvalue weighted by Gasteiger charge is -2.44. The van der Waals surface area contributed by atoms with Crippen LogP contribution in [0.25, 0.3) is 0 Å². The van der Waals surface area contributed by atoms with Gasteiger partial charge in [-0.2, -0.15) is 0 Å². The van der Waals surface area contributed by atoms with E-state index in [1.54, 1.807) is 0 Å². The molecule has 2 fully saturated rings. The molecule has 2 aliphatic rings. The van der Waals surface area contributed by atoms with Crippen molar-refractivity contribution in [1.82, 2.24) is 0 Å². The lowest BCUT2D eigenvalue weighted by Crippen LogP contribution is -2.48. The van der Waals surface area contributed by atoms with Crippen LogP contribution in [0.15, 0.2) is 24.3 Å². The van der Waals surface area contributed by atoms with Gasteiger partial charge in [-0.25, -0.2) is 0 Å². The van der Waals surface area contributed by atoms with Gasteiger partial charge in [0.25, 0.3) is 0 Å². The Hall–Kier alpha value is -1.02. The summed E-state index contributed by atoms with van der Waals surface area (Å²) in [4.78, 5) is 0. The van der Waals surface area contributed by atoms with Crippen LogP contribution in [0.4, 0.5) is 0 Å². The van der Waals surface area contributed by atoms with Crippen molar-refractivity contribution in [3.63, 3.8) is 0 Å². The zero-order valence-corrected chi connectivity index (χ0v) is 16.1. The average Bonchev–Trinajstić information content (AvgIpc) is 2.63. The first-order valence-electron chi connectivity index (χ1n) is 9.05. The Balaban J connectivity index is 1.81. The van der Waals surface area contributed by atoms with Crippen molar-refractivity contribution < 1.29 is 29.2 Å². The lowest BCUT2D eigenvalue weighted by molar-refractivity contribution is -0.322. The topological polar surface area (TPSA) is 77.4 Å². The third-order valence-corrected chi connectivity index (χ3v) is 4.97. The molecular formula is C20H30O6. The first-order valence-corrected chi connectivity index (χ1v) is 9.05. The van der Waals surface area contributed by atoms with Crippen molar-refractivity contribution in [2.75, 3.05) is 39.6 Å². The van der Waals surface area contributed by atoms with Gasteiger partial charge in [0, 0.05) is 22.0 Å². The van der Waals surface area contributed by atoms with Gasteiger partial charge in [0.2, 0.25) is 11.6 Å². The molecule has 6 heteroatoms. The van der Waals surface area contributed by atoms with E-state index in [1.165, 1.54) is 0 Å². The molecule has 6 nitrogen and oxygen atoms in total. The molecule has 26 heavy (non-hydrogen) atoms. The molecule has 0 aromatic heterocycles. The fraction of sp³-hybridized carbons (Fsp3) is 0.700. The van der Waals surface area contributed by atoms with Gasteiger partial charge in [-0.1, -0.05) is 52.0 Å². The first kappa shape index (κ1) is 19.7. The van der Waals surface area contributed by atoms with Crippen LogP contribution in [0.5, 0.6) is 0 Å². The molecule has 0 radical (unpaired) electrons. The average molecular weight is 366 g/mol. The molecule has 0 spiro atoms. The molecule has 1 aromatic rings. The molecule has 2 saturated heterocycles. The van der Waals surface area contributed by atoms with E-state index in [2.05, 4.69) is 27.7 Å². The van der Waals surface area contributed by atoms with Crippen LogP contribution in [0.2, 0.25) is 0 Å². The largest absolute Gasteiger partial charge is 0.390 e. The predicted octanol–water partition coefficient (Wildman–Crippen LogP) is 2.12. The molecule has 0 unspecified atom stereocenters. The van der Waals surface area contributed by atoms with Gasteiger partial charge >= 0.3 is 0 Å². The van der Waals surface area contributed by atoms with Crippen LogP contribution < -0.4 is 0 Å². The van der Waals surface area contributed by atoms with Gasteiger partial charge in [-0.05, 0) is 0 Å². The summed E-state index contributed by atoms with van der Waals surface area (Å²) < 4.78 is 23.6. The summed E-state index contributed by atoms with van der Waals surface area (Å²) in [7, 11) is 0. The van der Waals surface area contributed by atoms with Gasteiger partial charge in [0.05, 0.1) is 26.4 Å². The van der Waals surface area contributed by atoms with Crippen molar-refractivity contribution in [3.8, 4) is 0 Å². The summed E-state index contributed by atoms with van der Waals surface area (Å²) in [5.74, 6) is -2.31. The first-order chi connectivity index (χ1) is 12.2. The summed E-state index contributed by atoms with van der Waals surface area (Å²) in [6.07, 6.45) is 0. The van der Waals surface area contributed by atoms with E-state index < -0.39 is 11.6 Å². The lowest BCUT2D eigenvalue weighted by atomic mass is 9.92. The summed E-state index contributed by atoms with van der Waals surface area (Å²) >= 11 is 0. The van der Waals surface area contributed by atoms with Crippen LogP contribution in [0.3, 0.4) is 0 Å². The molecule has 2 N–H and O–H groups in total. The highest BCUT2D eigenvalue weighted by molar-refractivity contribution is 5.29. The normalized spacial score (nSPS) is 26.4. The molecular weight excluding hydrogens is 336 g/mol. The SMILES string of the molecule is CC1(C)COC(CO)(c2ccc(C3(CO)OCC(C)(C)CO3)cc2)OC1. The zero-order chi connectivity index (χ0) is 19.1. The molecule has 0 amide bonds. The summed E-state index contributed by atoms with van der Waals surface area (Å²) in [5.41, 5.74) is 1.28. The second kappa shape index (κ2) is 6.86. The second-order valence-electron chi connectivity index (χ2n) is 8.88. The van der Waals surface area contributed by atoms with E-state index in [1.807, 2.05) is 24.3 Å². The summed E-state index contributed by atoms with van der Waals surface area (Å²) in [6.45, 7) is 9.68. The number of hydrogen-bond acceptors (Lipinski definition) is 6. The highest BCUT2D eigenvalue weighted by Crippen LogP contribution is 2.39. The number of aliphatic hydroxyl groups excluding tert-OH is 2. The quantitative estimate of drug-likeness (QED) is 0.850. The summed E-state index contributed by atoms with van der Waals surface area (Å²) in [6, 6.07) is 7.31. The van der Waals surface area contributed by atoms with E-state index in [0.29, 0.717) is 26.4 Å². The molecule has 0 bridgehead atoms. The van der Waals surface area contributed by atoms with Crippen LogP contribution in [0.1, 0.15) is 38.8 Å². The standard InChI is InChI=1S/C20H30O6/c1-17(2)11-23-19(9-21,24-12-17)15-5-7-16(8-6-15)20(10-22)25-13-18(3,4)14-26-20/h5-8,21-22H,9-14H2,1-4H3. The van der Waals surface area contributed by atoms with Crippen molar-refractivity contribution in [1.29, 1.82) is 0 Å². The molecule has 0 saturated carbocycles. The Bertz CT molecular complexity index is 547. The zero-order valence-electron chi connectivity index (χ0n) is 16.1. The monoisotopic (exact) mass is 366 g/mol. The Kier molecular flexibility index (Phi) is 5.20. The fourth-order valence-electron chi connectivity index (χ4n) is 3.09. The maximum Gasteiger partial charge on any atom is 0.218 e. The van der Waals surface area contributed by atoms with Crippen LogP contribution in [-0.2, 0) is 30.5 Å². The fourth-order valence-corrected chi connectivity index (χ4v) is 3.09. The van der Waals surface area contributed by atoms with E-state index in [-0.39, 0.29) is 24.0 Å². The molecule has 146 valence electrons. The second-order valence-corrected chi connectivity index (χ2v) is 8.88. The Morgan fingerprint density at radius 1 is 0.654 bits per heavy atom. The van der Waals surface area contributed by atoms with Crippen LogP contribution in [-0.4, -0.2) is 49.9 Å². The van der Waals surface area contributed by atoms with Gasteiger partial charge in [0.15, 0.2) is 0 Å².